The molecule has 0 saturated heterocycles. The highest BCUT2D eigenvalue weighted by molar-refractivity contribution is 6.94. The molecule has 0 saturated carbocycles. The van der Waals surface area contributed by atoms with E-state index in [1.54, 1.807) is 0 Å². The second-order valence-electron chi connectivity index (χ2n) is 17.0. The molecule has 58 heavy (non-hydrogen) atoms. The number of hydrogen-bond acceptors (Lipinski definition) is 5. The molecule has 1 aromatic heterocycles. The van der Waals surface area contributed by atoms with Crippen molar-refractivity contribution in [1.82, 2.24) is 0 Å². The van der Waals surface area contributed by atoms with Crippen molar-refractivity contribution in [3.05, 3.63) is 162 Å². The average molecular weight is 751 g/mol. The van der Waals surface area contributed by atoms with Gasteiger partial charge in [-0.1, -0.05) is 112 Å². The lowest BCUT2D eigenvalue weighted by atomic mass is 9.43. The zero-order valence-electron chi connectivity index (χ0n) is 33.1. The molecule has 0 fully saturated rings. The molecular formula is C52H39BN2O3. The summed E-state index contributed by atoms with van der Waals surface area (Å²) in [5, 5.41) is 4.62. The van der Waals surface area contributed by atoms with Gasteiger partial charge < -0.3 is 23.6 Å². The summed E-state index contributed by atoms with van der Waals surface area (Å²) < 4.78 is 20.2. The predicted molar refractivity (Wildman–Crippen MR) is 240 cm³/mol. The predicted octanol–water partition coefficient (Wildman–Crippen LogP) is 13.3. The van der Waals surface area contributed by atoms with Crippen molar-refractivity contribution in [2.24, 2.45) is 0 Å². The Bertz CT molecular complexity index is 3230. The van der Waals surface area contributed by atoms with Crippen molar-refractivity contribution in [3.8, 4) is 34.1 Å². The Labute approximate surface area is 337 Å². The fraction of sp³-hybridized carbons (Fsp3) is 0.115. The van der Waals surface area contributed by atoms with Crippen molar-refractivity contribution in [2.75, 3.05) is 9.71 Å². The molecule has 0 aliphatic carbocycles. The lowest BCUT2D eigenvalue weighted by molar-refractivity contribution is 0.360. The lowest BCUT2D eigenvalue weighted by Gasteiger charge is -2.46. The summed E-state index contributed by atoms with van der Waals surface area (Å²) in [5.41, 5.74) is 15.7. The molecule has 0 amide bonds. The van der Waals surface area contributed by atoms with Gasteiger partial charge in [-0.25, -0.2) is 0 Å². The molecule has 5 nitrogen and oxygen atoms in total. The highest BCUT2D eigenvalue weighted by Gasteiger charge is 2.47. The van der Waals surface area contributed by atoms with Crippen LogP contribution in [-0.4, -0.2) is 6.85 Å². The molecule has 0 N–H and O–H groups in total. The molecule has 4 heterocycles. The van der Waals surface area contributed by atoms with E-state index < -0.39 is 0 Å². The number of aryl methyl sites for hydroxylation is 2. The fourth-order valence-electron chi connectivity index (χ4n) is 9.71. The number of para-hydroxylation sites is 4. The van der Waals surface area contributed by atoms with Crippen LogP contribution in [0.1, 0.15) is 37.5 Å². The van der Waals surface area contributed by atoms with Crippen molar-refractivity contribution in [3.63, 3.8) is 0 Å². The molecule has 3 aliphatic heterocycles. The number of ether oxygens (including phenoxy) is 2. The highest BCUT2D eigenvalue weighted by Crippen LogP contribution is 2.53. The maximum atomic E-state index is 6.85. The first kappa shape index (κ1) is 33.2. The summed E-state index contributed by atoms with van der Waals surface area (Å²) in [5.74, 6) is 2.80. The van der Waals surface area contributed by atoms with Gasteiger partial charge in [-0.2, -0.15) is 0 Å². The monoisotopic (exact) mass is 750 g/mol. The Morgan fingerprint density at radius 2 is 1.24 bits per heavy atom. The number of anilines is 5. The maximum Gasteiger partial charge on any atom is 0.333 e. The average Bonchev–Trinajstić information content (AvgIpc) is 3.61. The summed E-state index contributed by atoms with van der Waals surface area (Å²) in [7, 11) is 0. The summed E-state index contributed by atoms with van der Waals surface area (Å²) in [6.07, 6.45) is 0. The van der Waals surface area contributed by atoms with Crippen LogP contribution in [0.4, 0.5) is 28.4 Å². The van der Waals surface area contributed by atoms with Crippen LogP contribution in [0.3, 0.4) is 0 Å². The normalized spacial score (nSPS) is 13.8. The number of furan rings is 1. The van der Waals surface area contributed by atoms with Crippen LogP contribution in [0.15, 0.2) is 150 Å². The Morgan fingerprint density at radius 1 is 0.534 bits per heavy atom. The molecule has 12 rings (SSSR count). The molecule has 0 spiro atoms. The van der Waals surface area contributed by atoms with Crippen molar-refractivity contribution < 1.29 is 13.9 Å². The van der Waals surface area contributed by atoms with Gasteiger partial charge in [0.2, 0.25) is 0 Å². The maximum absolute atomic E-state index is 6.85. The largest absolute Gasteiger partial charge is 0.454 e. The fourth-order valence-corrected chi connectivity index (χ4v) is 9.71. The van der Waals surface area contributed by atoms with Crippen LogP contribution in [0.25, 0.3) is 43.8 Å². The van der Waals surface area contributed by atoms with Gasteiger partial charge in [0.05, 0.1) is 5.69 Å². The van der Waals surface area contributed by atoms with Gasteiger partial charge in [-0.3, -0.25) is 0 Å². The summed E-state index contributed by atoms with van der Waals surface area (Å²) >= 11 is 0. The Morgan fingerprint density at radius 3 is 2.03 bits per heavy atom. The second-order valence-corrected chi connectivity index (χ2v) is 17.0. The molecule has 0 unspecified atom stereocenters. The standard InChI is InChI=1S/C52H39BN2O3/c1-30-25-37-49-34-14-7-6-13-32(34)21-23-40(49)55(41-17-12-16-36-35-15-8-9-18-44(35)58-51(36)41)53-38-28-47-48(57-46-20-11-10-19-45(46)56-47)29-42(38)54(43(26-30)50(37)53)39-24-22-33(27-31(39)2)52(3,4)5/h6-29H,1-5H3. The SMILES string of the molecule is Cc1cc2c3c(c1)N(c1ccc(C(C)(C)C)cc1C)c1cc4c(cc1B3N(c1cccc3c1oc1ccccc13)c1ccc3ccccc3c1-2)Oc1ccccc1O4. The van der Waals surface area contributed by atoms with E-state index in [-0.39, 0.29) is 12.3 Å². The lowest BCUT2D eigenvalue weighted by Crippen LogP contribution is -2.61. The molecule has 278 valence electrons. The Balaban J connectivity index is 1.21. The van der Waals surface area contributed by atoms with Gasteiger partial charge in [0.15, 0.2) is 28.6 Å². The van der Waals surface area contributed by atoms with Crippen LogP contribution in [0.5, 0.6) is 23.0 Å². The van der Waals surface area contributed by atoms with E-state index >= 15 is 0 Å². The zero-order valence-corrected chi connectivity index (χ0v) is 33.1. The summed E-state index contributed by atoms with van der Waals surface area (Å²) in [6, 6.07) is 52.3. The summed E-state index contributed by atoms with van der Waals surface area (Å²) in [4.78, 5) is 5.00. The number of nitrogens with zero attached hydrogens (tertiary/aromatic N) is 2. The van der Waals surface area contributed by atoms with E-state index in [9.17, 15) is 0 Å². The molecule has 8 aromatic carbocycles. The van der Waals surface area contributed by atoms with Crippen molar-refractivity contribution in [2.45, 2.75) is 40.0 Å². The molecular weight excluding hydrogens is 711 g/mol. The first-order valence-electron chi connectivity index (χ1n) is 20.1. The van der Waals surface area contributed by atoms with Crippen molar-refractivity contribution in [1.29, 1.82) is 0 Å². The van der Waals surface area contributed by atoms with E-state index in [0.717, 1.165) is 55.8 Å². The third kappa shape index (κ3) is 4.66. The van der Waals surface area contributed by atoms with Crippen LogP contribution >= 0.6 is 0 Å². The number of hydrogen-bond donors (Lipinski definition) is 0. The van der Waals surface area contributed by atoms with Gasteiger partial charge in [0, 0.05) is 45.2 Å². The number of fused-ring (bicyclic) bond motifs is 11. The van der Waals surface area contributed by atoms with Gasteiger partial charge in [-0.05, 0) is 112 Å². The first-order valence-corrected chi connectivity index (χ1v) is 20.1. The second kappa shape index (κ2) is 11.8. The van der Waals surface area contributed by atoms with E-state index in [4.69, 9.17) is 13.9 Å². The van der Waals surface area contributed by atoms with Crippen LogP contribution in [0, 0.1) is 13.8 Å². The van der Waals surface area contributed by atoms with Gasteiger partial charge in [-0.15, -0.1) is 0 Å². The van der Waals surface area contributed by atoms with Gasteiger partial charge >= 0.3 is 6.85 Å². The minimum absolute atomic E-state index is 0.0112. The summed E-state index contributed by atoms with van der Waals surface area (Å²) in [6.45, 7) is 11.1. The number of rotatable bonds is 2. The molecule has 3 aliphatic rings. The number of benzene rings is 8. The highest BCUT2D eigenvalue weighted by atomic mass is 16.6. The van der Waals surface area contributed by atoms with Crippen LogP contribution in [0.2, 0.25) is 0 Å². The van der Waals surface area contributed by atoms with E-state index in [2.05, 4.69) is 160 Å². The first-order chi connectivity index (χ1) is 28.2. The van der Waals surface area contributed by atoms with Crippen LogP contribution < -0.4 is 30.1 Å². The third-order valence-electron chi connectivity index (χ3n) is 12.4. The quantitative estimate of drug-likeness (QED) is 0.165. The van der Waals surface area contributed by atoms with E-state index in [1.165, 1.54) is 44.1 Å². The molecule has 0 bridgehead atoms. The van der Waals surface area contributed by atoms with Gasteiger partial charge in [0.25, 0.3) is 0 Å². The van der Waals surface area contributed by atoms with E-state index in [0.29, 0.717) is 23.0 Å². The smallest absolute Gasteiger partial charge is 0.333 e. The minimum atomic E-state index is -0.246. The molecule has 0 radical (unpaired) electrons. The third-order valence-corrected chi connectivity index (χ3v) is 12.4. The molecule has 0 atom stereocenters. The minimum Gasteiger partial charge on any atom is -0.454 e. The zero-order chi connectivity index (χ0) is 39.0. The molecule has 9 aromatic rings. The Kier molecular flexibility index (Phi) is 6.77. The molecule has 6 heteroatoms. The van der Waals surface area contributed by atoms with Crippen molar-refractivity contribution >= 4 is 78.9 Å². The topological polar surface area (TPSA) is 38.1 Å². The van der Waals surface area contributed by atoms with E-state index in [1.807, 2.05) is 30.3 Å². The van der Waals surface area contributed by atoms with Gasteiger partial charge in [0.1, 0.15) is 5.58 Å². The van der Waals surface area contributed by atoms with Crippen LogP contribution in [-0.2, 0) is 5.41 Å². The Hall–Kier alpha value is -6.92.